The molecule has 1 saturated heterocycles. The van der Waals surface area contributed by atoms with Gasteiger partial charge in [0.15, 0.2) is 0 Å². The Hall–Kier alpha value is -1.99. The molecule has 1 aliphatic heterocycles. The van der Waals surface area contributed by atoms with Crippen molar-refractivity contribution < 1.29 is 8.42 Å². The van der Waals surface area contributed by atoms with Crippen LogP contribution in [-0.2, 0) is 16.6 Å². The van der Waals surface area contributed by atoms with Gasteiger partial charge >= 0.3 is 0 Å². The first-order valence-electron chi connectivity index (χ1n) is 8.59. The molecule has 0 radical (unpaired) electrons. The van der Waals surface area contributed by atoms with Gasteiger partial charge in [0, 0.05) is 19.3 Å². The van der Waals surface area contributed by atoms with Gasteiger partial charge in [-0.25, -0.2) is 23.1 Å². The topological polar surface area (TPSA) is 75.2 Å². The number of anilines is 1. The van der Waals surface area contributed by atoms with Crippen molar-refractivity contribution in [2.45, 2.75) is 44.6 Å². The van der Waals surface area contributed by atoms with E-state index < -0.39 is 10.0 Å². The number of hydrogen-bond acceptors (Lipinski definition) is 5. The van der Waals surface area contributed by atoms with Crippen molar-refractivity contribution in [3.05, 3.63) is 47.4 Å². The first-order chi connectivity index (χ1) is 12.0. The van der Waals surface area contributed by atoms with E-state index in [1.807, 2.05) is 26.0 Å². The molecule has 0 atom stereocenters. The molecule has 0 amide bonds. The lowest BCUT2D eigenvalue weighted by atomic mass is 10.1. The molecule has 7 heteroatoms. The predicted molar refractivity (Wildman–Crippen MR) is 98.0 cm³/mol. The zero-order valence-corrected chi connectivity index (χ0v) is 15.5. The smallest absolute Gasteiger partial charge is 0.240 e. The highest BCUT2D eigenvalue weighted by atomic mass is 32.2. The Morgan fingerprint density at radius 1 is 1.08 bits per heavy atom. The summed E-state index contributed by atoms with van der Waals surface area (Å²) in [5.41, 5.74) is 2.02. The highest BCUT2D eigenvalue weighted by Crippen LogP contribution is 2.18. The van der Waals surface area contributed by atoms with Crippen LogP contribution in [0.2, 0.25) is 0 Å². The molecule has 1 aromatic carbocycles. The van der Waals surface area contributed by atoms with E-state index in [-0.39, 0.29) is 11.4 Å². The van der Waals surface area contributed by atoms with Crippen molar-refractivity contribution in [2.24, 2.45) is 0 Å². The fourth-order valence-corrected chi connectivity index (χ4v) is 3.96. The molecule has 2 heterocycles. The highest BCUT2D eigenvalue weighted by molar-refractivity contribution is 7.89. The van der Waals surface area contributed by atoms with Crippen molar-refractivity contribution in [2.75, 3.05) is 18.0 Å². The van der Waals surface area contributed by atoms with Crippen LogP contribution in [0.15, 0.2) is 35.4 Å². The normalized spacial score (nSPS) is 15.4. The average molecular weight is 360 g/mol. The minimum atomic E-state index is -3.58. The maximum absolute atomic E-state index is 12.5. The molecule has 0 unspecified atom stereocenters. The van der Waals surface area contributed by atoms with E-state index in [1.165, 1.54) is 19.3 Å². The molecule has 1 N–H and O–H groups in total. The van der Waals surface area contributed by atoms with Crippen LogP contribution in [0.4, 0.5) is 5.82 Å². The van der Waals surface area contributed by atoms with E-state index >= 15 is 0 Å². The first-order valence-corrected chi connectivity index (χ1v) is 10.1. The number of aromatic nitrogens is 2. The Labute approximate surface area is 149 Å². The molecule has 0 bridgehead atoms. The number of sulfonamides is 1. The number of nitrogens with one attached hydrogen (secondary N) is 1. The second-order valence-electron chi connectivity index (χ2n) is 6.45. The van der Waals surface area contributed by atoms with E-state index in [4.69, 9.17) is 0 Å². The number of nitrogens with zero attached hydrogens (tertiary/aromatic N) is 3. The molecule has 0 aliphatic carbocycles. The molecule has 1 aliphatic rings. The average Bonchev–Trinajstić information content (AvgIpc) is 2.63. The summed E-state index contributed by atoms with van der Waals surface area (Å²) in [7, 11) is -3.58. The Kier molecular flexibility index (Phi) is 5.34. The maximum atomic E-state index is 12.5. The highest BCUT2D eigenvalue weighted by Gasteiger charge is 2.16. The fourth-order valence-electron chi connectivity index (χ4n) is 2.90. The van der Waals surface area contributed by atoms with Crippen molar-refractivity contribution in [3.8, 4) is 0 Å². The van der Waals surface area contributed by atoms with Crippen LogP contribution in [-0.4, -0.2) is 31.5 Å². The molecule has 6 nitrogen and oxygen atoms in total. The number of aryl methyl sites for hydroxylation is 2. The van der Waals surface area contributed by atoms with Crippen LogP contribution in [0, 0.1) is 13.8 Å². The van der Waals surface area contributed by atoms with Gasteiger partial charge in [-0.1, -0.05) is 6.07 Å². The molecule has 1 fully saturated rings. The summed E-state index contributed by atoms with van der Waals surface area (Å²) < 4.78 is 27.6. The van der Waals surface area contributed by atoms with Gasteiger partial charge in [-0.3, -0.25) is 0 Å². The maximum Gasteiger partial charge on any atom is 0.240 e. The summed E-state index contributed by atoms with van der Waals surface area (Å²) in [5.74, 6) is 1.35. The van der Waals surface area contributed by atoms with Gasteiger partial charge in [-0.05, 0) is 62.4 Å². The molecule has 3 rings (SSSR count). The number of benzene rings is 1. The van der Waals surface area contributed by atoms with Crippen molar-refractivity contribution in [3.63, 3.8) is 0 Å². The molecule has 0 spiro atoms. The molecule has 2 aromatic rings. The van der Waals surface area contributed by atoms with Gasteiger partial charge in [0.2, 0.25) is 10.0 Å². The summed E-state index contributed by atoms with van der Waals surface area (Å²) in [6, 6.07) is 7.00. The van der Waals surface area contributed by atoms with Crippen molar-refractivity contribution in [1.29, 1.82) is 0 Å². The Morgan fingerprint density at radius 3 is 2.56 bits per heavy atom. The number of hydrogen-bond donors (Lipinski definition) is 1. The third kappa shape index (κ3) is 4.35. The lowest BCUT2D eigenvalue weighted by molar-refractivity contribution is 0.569. The molecular formula is C18H24N4O2S. The van der Waals surface area contributed by atoms with Gasteiger partial charge in [-0.2, -0.15) is 0 Å². The first kappa shape index (κ1) is 17.8. The standard InChI is InChI=1S/C18H24N4O2S/c1-14-6-7-16(12-15(14)2)25(23,24)20-13-17-19-9-8-18(21-17)22-10-4-3-5-11-22/h6-9,12,20H,3-5,10-11,13H2,1-2H3. The van der Waals surface area contributed by atoms with Crippen LogP contribution in [0.1, 0.15) is 36.2 Å². The van der Waals surface area contributed by atoms with Gasteiger partial charge < -0.3 is 4.90 Å². The van der Waals surface area contributed by atoms with E-state index in [1.54, 1.807) is 18.3 Å². The molecule has 1 aromatic heterocycles. The third-order valence-corrected chi connectivity index (χ3v) is 5.98. The van der Waals surface area contributed by atoms with Crippen LogP contribution in [0.25, 0.3) is 0 Å². The molecule has 0 saturated carbocycles. The molecule has 25 heavy (non-hydrogen) atoms. The minimum absolute atomic E-state index is 0.0803. The second kappa shape index (κ2) is 7.49. The largest absolute Gasteiger partial charge is 0.357 e. The minimum Gasteiger partial charge on any atom is -0.357 e. The number of piperidine rings is 1. The predicted octanol–water partition coefficient (Wildman–Crippen LogP) is 2.56. The Bertz CT molecular complexity index is 846. The van der Waals surface area contributed by atoms with Crippen LogP contribution >= 0.6 is 0 Å². The lowest BCUT2D eigenvalue weighted by Crippen LogP contribution is -2.31. The Morgan fingerprint density at radius 2 is 1.84 bits per heavy atom. The van der Waals surface area contributed by atoms with Crippen molar-refractivity contribution >= 4 is 15.8 Å². The van der Waals surface area contributed by atoms with E-state index in [0.29, 0.717) is 5.82 Å². The monoisotopic (exact) mass is 360 g/mol. The lowest BCUT2D eigenvalue weighted by Gasteiger charge is -2.27. The SMILES string of the molecule is Cc1ccc(S(=O)(=O)NCc2nccc(N3CCCCC3)n2)cc1C. The summed E-state index contributed by atoms with van der Waals surface area (Å²) in [6.45, 7) is 5.92. The fraction of sp³-hybridized carbons (Fsp3) is 0.444. The van der Waals surface area contributed by atoms with Crippen LogP contribution in [0.5, 0.6) is 0 Å². The zero-order chi connectivity index (χ0) is 17.9. The van der Waals surface area contributed by atoms with Crippen LogP contribution in [0.3, 0.4) is 0 Å². The number of rotatable bonds is 5. The van der Waals surface area contributed by atoms with E-state index in [2.05, 4.69) is 19.6 Å². The van der Waals surface area contributed by atoms with Crippen molar-refractivity contribution in [1.82, 2.24) is 14.7 Å². The van der Waals surface area contributed by atoms with Crippen LogP contribution < -0.4 is 9.62 Å². The Balaban J connectivity index is 1.71. The zero-order valence-electron chi connectivity index (χ0n) is 14.7. The molecular weight excluding hydrogens is 336 g/mol. The van der Waals surface area contributed by atoms with Gasteiger partial charge in [0.25, 0.3) is 0 Å². The van der Waals surface area contributed by atoms with Gasteiger partial charge in [-0.15, -0.1) is 0 Å². The summed E-state index contributed by atoms with van der Waals surface area (Å²) in [5, 5.41) is 0. The van der Waals surface area contributed by atoms with Gasteiger partial charge in [0.05, 0.1) is 11.4 Å². The third-order valence-electron chi connectivity index (χ3n) is 4.58. The quantitative estimate of drug-likeness (QED) is 0.887. The van der Waals surface area contributed by atoms with Gasteiger partial charge in [0.1, 0.15) is 11.6 Å². The van der Waals surface area contributed by atoms with E-state index in [9.17, 15) is 8.42 Å². The van der Waals surface area contributed by atoms with E-state index in [0.717, 1.165) is 30.0 Å². The molecule has 134 valence electrons. The summed E-state index contributed by atoms with van der Waals surface area (Å²) in [4.78, 5) is 11.2. The summed E-state index contributed by atoms with van der Waals surface area (Å²) >= 11 is 0. The summed E-state index contributed by atoms with van der Waals surface area (Å²) in [6.07, 6.45) is 5.28. The second-order valence-corrected chi connectivity index (χ2v) is 8.22.